The van der Waals surface area contributed by atoms with E-state index in [1.54, 1.807) is 25.4 Å². The van der Waals surface area contributed by atoms with Crippen LogP contribution in [0.2, 0.25) is 5.02 Å². The second-order valence-corrected chi connectivity index (χ2v) is 8.98. The highest BCUT2D eigenvalue weighted by atomic mass is 35.5. The van der Waals surface area contributed by atoms with Gasteiger partial charge in [-0.25, -0.2) is 23.4 Å². The highest BCUT2D eigenvalue weighted by molar-refractivity contribution is 7.90. The Labute approximate surface area is 183 Å². The van der Waals surface area contributed by atoms with Crippen LogP contribution in [0.4, 0.5) is 0 Å². The third-order valence-corrected chi connectivity index (χ3v) is 5.48. The minimum Gasteiger partial charge on any atom is -0.504 e. The van der Waals surface area contributed by atoms with E-state index in [2.05, 4.69) is 25.4 Å². The number of nitrogens with zero attached hydrogens (tertiary/aromatic N) is 5. The van der Waals surface area contributed by atoms with Crippen LogP contribution in [-0.2, 0) is 14.6 Å². The van der Waals surface area contributed by atoms with Crippen molar-refractivity contribution in [2.75, 3.05) is 13.4 Å². The zero-order valence-electron chi connectivity index (χ0n) is 16.9. The summed E-state index contributed by atoms with van der Waals surface area (Å²) in [5.41, 5.74) is 0.677. The van der Waals surface area contributed by atoms with Crippen LogP contribution in [0.25, 0.3) is 5.95 Å². The normalized spacial score (nSPS) is 13.0. The molecule has 162 valence electrons. The molecule has 3 aromatic rings. The molecule has 1 N–H and O–H groups in total. The number of aromatic nitrogens is 5. The van der Waals surface area contributed by atoms with Crippen LogP contribution in [-0.4, -0.2) is 52.4 Å². The van der Waals surface area contributed by atoms with Crippen LogP contribution in [0.5, 0.6) is 0 Å². The van der Waals surface area contributed by atoms with Gasteiger partial charge < -0.3 is 10.1 Å². The average Bonchev–Trinajstić information content (AvgIpc) is 3.21. The van der Waals surface area contributed by atoms with E-state index in [1.165, 1.54) is 42.6 Å². The van der Waals surface area contributed by atoms with Crippen molar-refractivity contribution in [3.05, 3.63) is 71.2 Å². The Hall–Kier alpha value is -3.31. The Kier molecular flexibility index (Phi) is 6.66. The number of sulfone groups is 1. The zero-order valence-corrected chi connectivity index (χ0v) is 18.4. The van der Waals surface area contributed by atoms with Crippen molar-refractivity contribution in [3.63, 3.8) is 0 Å². The molecule has 0 fully saturated rings. The number of carbonyl (C=O) groups is 1. The van der Waals surface area contributed by atoms with Gasteiger partial charge in [0.2, 0.25) is 0 Å². The summed E-state index contributed by atoms with van der Waals surface area (Å²) in [6, 6.07) is 4.80. The van der Waals surface area contributed by atoms with E-state index >= 15 is 0 Å². The molecule has 0 aliphatic rings. The van der Waals surface area contributed by atoms with Gasteiger partial charge in [0.05, 0.1) is 18.3 Å². The van der Waals surface area contributed by atoms with Crippen molar-refractivity contribution in [3.8, 4) is 5.95 Å². The molecule has 1 aromatic carbocycles. The topological polar surface area (TPSA) is 129 Å². The minimum absolute atomic E-state index is 0.0632. The van der Waals surface area contributed by atoms with Gasteiger partial charge in [0.1, 0.15) is 12.4 Å². The average molecular weight is 463 g/mol. The molecule has 3 rings (SSSR count). The molecule has 0 aliphatic carbocycles. The second-order valence-electron chi connectivity index (χ2n) is 6.53. The zero-order chi connectivity index (χ0) is 22.6. The van der Waals surface area contributed by atoms with E-state index in [0.717, 1.165) is 6.26 Å². The van der Waals surface area contributed by atoms with Gasteiger partial charge in [0, 0.05) is 29.2 Å². The summed E-state index contributed by atoms with van der Waals surface area (Å²) in [4.78, 5) is 25.5. The fourth-order valence-corrected chi connectivity index (χ4v) is 3.74. The van der Waals surface area contributed by atoms with Crippen LogP contribution in [0.3, 0.4) is 0 Å². The fourth-order valence-electron chi connectivity index (χ4n) is 2.76. The van der Waals surface area contributed by atoms with Gasteiger partial charge in [-0.15, -0.1) is 0 Å². The van der Waals surface area contributed by atoms with Crippen LogP contribution in [0, 0.1) is 0 Å². The van der Waals surface area contributed by atoms with Crippen LogP contribution in [0.1, 0.15) is 29.1 Å². The standard InChI is InChI=1S/C19H19ClN6O4S/c1-12(10-30-2)16(17-23-11-24-26(17)19-21-5-4-6-22-19)25-18(27)13-7-14(20)9-15(8-13)31(3,28)29/h4-11,16H,1-3H3,(H,25,27)/b12-10-. The summed E-state index contributed by atoms with van der Waals surface area (Å²) in [5, 5.41) is 7.09. The Morgan fingerprint density at radius 3 is 2.58 bits per heavy atom. The number of benzene rings is 1. The number of nitrogens with one attached hydrogen (secondary N) is 1. The smallest absolute Gasteiger partial charge is 0.252 e. The number of methoxy groups -OCH3 is 1. The summed E-state index contributed by atoms with van der Waals surface area (Å²) in [6.45, 7) is 1.74. The first-order chi connectivity index (χ1) is 14.7. The number of amides is 1. The first-order valence-corrected chi connectivity index (χ1v) is 11.2. The van der Waals surface area contributed by atoms with Crippen molar-refractivity contribution >= 4 is 27.3 Å². The fraction of sp³-hybridized carbons (Fsp3) is 0.211. The van der Waals surface area contributed by atoms with Crippen molar-refractivity contribution in [1.82, 2.24) is 30.0 Å². The van der Waals surface area contributed by atoms with Gasteiger partial charge in [-0.2, -0.15) is 9.78 Å². The van der Waals surface area contributed by atoms with Gasteiger partial charge in [-0.1, -0.05) is 11.6 Å². The lowest BCUT2D eigenvalue weighted by molar-refractivity contribution is 0.0939. The van der Waals surface area contributed by atoms with Crippen LogP contribution < -0.4 is 5.32 Å². The number of hydrogen-bond acceptors (Lipinski definition) is 8. The van der Waals surface area contributed by atoms with E-state index in [9.17, 15) is 13.2 Å². The molecule has 10 nitrogen and oxygen atoms in total. The molecule has 2 aromatic heterocycles. The lowest BCUT2D eigenvalue weighted by Crippen LogP contribution is -2.32. The SMILES string of the molecule is CO/C=C(/C)C(NC(=O)c1cc(Cl)cc(S(C)(=O)=O)c1)c1ncnn1-c1ncccn1. The monoisotopic (exact) mass is 462 g/mol. The molecular weight excluding hydrogens is 444 g/mol. The number of halogens is 1. The summed E-state index contributed by atoms with van der Waals surface area (Å²) < 4.78 is 30.3. The summed E-state index contributed by atoms with van der Waals surface area (Å²) >= 11 is 6.03. The predicted molar refractivity (Wildman–Crippen MR) is 112 cm³/mol. The van der Waals surface area contributed by atoms with Crippen molar-refractivity contribution in [1.29, 1.82) is 0 Å². The maximum Gasteiger partial charge on any atom is 0.252 e. The second kappa shape index (κ2) is 9.23. The first-order valence-electron chi connectivity index (χ1n) is 8.89. The molecule has 31 heavy (non-hydrogen) atoms. The molecule has 1 unspecified atom stereocenters. The van der Waals surface area contributed by atoms with Crippen LogP contribution in [0.15, 0.2) is 59.7 Å². The van der Waals surface area contributed by atoms with Crippen molar-refractivity contribution < 1.29 is 17.9 Å². The van der Waals surface area contributed by atoms with E-state index in [0.29, 0.717) is 11.4 Å². The molecule has 12 heteroatoms. The van der Waals surface area contributed by atoms with Crippen LogP contribution >= 0.6 is 11.6 Å². The molecule has 0 spiro atoms. The lowest BCUT2D eigenvalue weighted by Gasteiger charge is -2.19. The molecule has 1 amide bonds. The van der Waals surface area contributed by atoms with Gasteiger partial charge >= 0.3 is 0 Å². The first kappa shape index (κ1) is 22.4. The maximum atomic E-state index is 13.0. The largest absolute Gasteiger partial charge is 0.504 e. The lowest BCUT2D eigenvalue weighted by atomic mass is 10.1. The minimum atomic E-state index is -3.56. The number of ether oxygens (including phenoxy) is 1. The summed E-state index contributed by atoms with van der Waals surface area (Å²) in [6.07, 6.45) is 6.91. The molecule has 0 saturated carbocycles. The Balaban J connectivity index is 2.02. The number of hydrogen-bond donors (Lipinski definition) is 1. The molecular formula is C19H19ClN6O4S. The predicted octanol–water partition coefficient (Wildman–Crippen LogP) is 2.14. The molecule has 1 atom stereocenters. The summed E-state index contributed by atoms with van der Waals surface area (Å²) in [7, 11) is -2.08. The highest BCUT2D eigenvalue weighted by Crippen LogP contribution is 2.23. The number of carbonyl (C=O) groups excluding carboxylic acids is 1. The third kappa shape index (κ3) is 5.25. The third-order valence-electron chi connectivity index (χ3n) is 4.17. The van der Waals surface area contributed by atoms with Crippen molar-refractivity contribution in [2.45, 2.75) is 17.9 Å². The maximum absolute atomic E-state index is 13.0. The van der Waals surface area contributed by atoms with E-state index in [4.69, 9.17) is 16.3 Å². The molecule has 0 radical (unpaired) electrons. The summed E-state index contributed by atoms with van der Waals surface area (Å²) in [5.74, 6) is 0.0297. The van der Waals surface area contributed by atoms with Gasteiger partial charge in [0.15, 0.2) is 15.7 Å². The van der Waals surface area contributed by atoms with E-state index < -0.39 is 21.8 Å². The molecule has 2 heterocycles. The van der Waals surface area contributed by atoms with E-state index in [-0.39, 0.29) is 21.4 Å². The molecule has 0 bridgehead atoms. The Morgan fingerprint density at radius 2 is 1.94 bits per heavy atom. The highest BCUT2D eigenvalue weighted by Gasteiger charge is 2.25. The quantitative estimate of drug-likeness (QED) is 0.528. The molecule has 0 saturated heterocycles. The van der Waals surface area contributed by atoms with Gasteiger partial charge in [0.25, 0.3) is 11.9 Å². The van der Waals surface area contributed by atoms with Crippen molar-refractivity contribution in [2.24, 2.45) is 0 Å². The Bertz CT molecular complexity index is 1230. The Morgan fingerprint density at radius 1 is 1.23 bits per heavy atom. The molecule has 0 aliphatic heterocycles. The van der Waals surface area contributed by atoms with Gasteiger partial charge in [-0.05, 0) is 36.8 Å². The van der Waals surface area contributed by atoms with E-state index in [1.807, 2.05) is 0 Å². The number of rotatable bonds is 7. The van der Waals surface area contributed by atoms with Gasteiger partial charge in [-0.3, -0.25) is 4.79 Å².